The van der Waals surface area contributed by atoms with Gasteiger partial charge in [0, 0.05) is 16.2 Å². The highest BCUT2D eigenvalue weighted by Gasteiger charge is 2.14. The fraction of sp³-hybridized carbons (Fsp3) is 0.308. The van der Waals surface area contributed by atoms with Crippen molar-refractivity contribution in [2.75, 3.05) is 11.1 Å². The number of nitrogen functional groups attached to an aromatic ring is 1. The van der Waals surface area contributed by atoms with E-state index in [-0.39, 0.29) is 6.04 Å². The number of aryl methyl sites for hydroxylation is 1. The predicted octanol–water partition coefficient (Wildman–Crippen LogP) is 3.86. The van der Waals surface area contributed by atoms with Gasteiger partial charge in [0.2, 0.25) is 0 Å². The van der Waals surface area contributed by atoms with Crippen LogP contribution in [0.5, 0.6) is 0 Å². The molecule has 1 aromatic heterocycles. The molecule has 1 heterocycles. The van der Waals surface area contributed by atoms with Crippen LogP contribution < -0.4 is 11.1 Å². The number of nitrogens with zero attached hydrogens (tertiary/aromatic N) is 2. The van der Waals surface area contributed by atoms with E-state index < -0.39 is 0 Å². The predicted molar refractivity (Wildman–Crippen MR) is 79.2 cm³/mol. The van der Waals surface area contributed by atoms with E-state index in [1.54, 1.807) is 0 Å². The van der Waals surface area contributed by atoms with Crippen LogP contribution in [0.15, 0.2) is 28.7 Å². The highest BCUT2D eigenvalue weighted by molar-refractivity contribution is 9.10. The third kappa shape index (κ3) is 2.51. The monoisotopic (exact) mass is 308 g/mol. The molecular formula is C13H17BrN4. The van der Waals surface area contributed by atoms with E-state index in [2.05, 4.69) is 40.2 Å². The third-order valence-electron chi connectivity index (χ3n) is 2.71. The Balaban J connectivity index is 2.39. The molecule has 2 rings (SSSR count). The molecule has 0 saturated carbocycles. The largest absolute Gasteiger partial charge is 0.394 e. The summed E-state index contributed by atoms with van der Waals surface area (Å²) in [6.07, 6.45) is 0. The van der Waals surface area contributed by atoms with Gasteiger partial charge in [-0.25, -0.2) is 4.68 Å². The summed E-state index contributed by atoms with van der Waals surface area (Å²) in [7, 11) is 0. The number of hydrogen-bond donors (Lipinski definition) is 2. The van der Waals surface area contributed by atoms with Crippen LogP contribution >= 0.6 is 15.9 Å². The van der Waals surface area contributed by atoms with Crippen molar-refractivity contribution in [2.24, 2.45) is 0 Å². The zero-order chi connectivity index (χ0) is 13.3. The number of anilines is 3. The summed E-state index contributed by atoms with van der Waals surface area (Å²) in [6.45, 7) is 6.08. The zero-order valence-corrected chi connectivity index (χ0v) is 12.3. The second kappa shape index (κ2) is 5.02. The van der Waals surface area contributed by atoms with Crippen molar-refractivity contribution in [3.63, 3.8) is 0 Å². The van der Waals surface area contributed by atoms with Crippen LogP contribution in [0, 0.1) is 6.92 Å². The van der Waals surface area contributed by atoms with E-state index in [0.29, 0.717) is 5.69 Å². The molecule has 0 radical (unpaired) electrons. The summed E-state index contributed by atoms with van der Waals surface area (Å²) in [6, 6.07) is 8.23. The van der Waals surface area contributed by atoms with Gasteiger partial charge in [0.25, 0.3) is 0 Å². The average Bonchev–Trinajstić information content (AvgIpc) is 2.57. The highest BCUT2D eigenvalue weighted by Crippen LogP contribution is 2.29. The van der Waals surface area contributed by atoms with E-state index in [0.717, 1.165) is 21.7 Å². The minimum absolute atomic E-state index is 0.260. The van der Waals surface area contributed by atoms with Crippen molar-refractivity contribution in [3.05, 3.63) is 34.4 Å². The number of nitrogens with one attached hydrogen (secondary N) is 1. The maximum absolute atomic E-state index is 6.07. The summed E-state index contributed by atoms with van der Waals surface area (Å²) in [5.41, 5.74) is 8.60. The minimum atomic E-state index is 0.260. The quantitative estimate of drug-likeness (QED) is 0.905. The molecule has 4 nitrogen and oxygen atoms in total. The number of aromatic nitrogens is 2. The van der Waals surface area contributed by atoms with Gasteiger partial charge in [0.1, 0.15) is 0 Å². The Labute approximate surface area is 115 Å². The van der Waals surface area contributed by atoms with Gasteiger partial charge in [-0.3, -0.25) is 0 Å². The summed E-state index contributed by atoms with van der Waals surface area (Å²) in [5.74, 6) is 0.848. The van der Waals surface area contributed by atoms with Crippen molar-refractivity contribution >= 4 is 33.1 Å². The van der Waals surface area contributed by atoms with Crippen LogP contribution in [0.2, 0.25) is 0 Å². The first-order valence-corrected chi connectivity index (χ1v) is 6.65. The Morgan fingerprint density at radius 3 is 2.72 bits per heavy atom. The molecule has 96 valence electrons. The number of halogens is 1. The van der Waals surface area contributed by atoms with Gasteiger partial charge >= 0.3 is 0 Å². The number of rotatable bonds is 3. The van der Waals surface area contributed by atoms with Crippen molar-refractivity contribution in [2.45, 2.75) is 26.8 Å². The molecule has 1 aromatic carbocycles. The standard InChI is InChI=1S/C13H17BrN4/c1-8(2)18-13(12(15)9(3)17-18)16-11-6-4-5-10(14)7-11/h4-8,16H,15H2,1-3H3. The van der Waals surface area contributed by atoms with Crippen molar-refractivity contribution < 1.29 is 0 Å². The topological polar surface area (TPSA) is 55.9 Å². The van der Waals surface area contributed by atoms with Crippen LogP contribution in [-0.2, 0) is 0 Å². The van der Waals surface area contributed by atoms with Crippen molar-refractivity contribution in [1.29, 1.82) is 0 Å². The smallest absolute Gasteiger partial charge is 0.152 e. The van der Waals surface area contributed by atoms with Gasteiger partial charge in [-0.1, -0.05) is 22.0 Å². The van der Waals surface area contributed by atoms with Crippen LogP contribution in [0.1, 0.15) is 25.6 Å². The lowest BCUT2D eigenvalue weighted by molar-refractivity contribution is 0.536. The van der Waals surface area contributed by atoms with Crippen LogP contribution in [0.4, 0.5) is 17.2 Å². The number of hydrogen-bond acceptors (Lipinski definition) is 3. The van der Waals surface area contributed by atoms with Gasteiger partial charge in [-0.2, -0.15) is 5.10 Å². The maximum Gasteiger partial charge on any atom is 0.152 e. The molecule has 0 aliphatic carbocycles. The normalized spacial score (nSPS) is 10.9. The van der Waals surface area contributed by atoms with Gasteiger partial charge in [-0.05, 0) is 39.0 Å². The van der Waals surface area contributed by atoms with E-state index in [1.165, 1.54) is 0 Å². The molecule has 3 N–H and O–H groups in total. The molecule has 0 amide bonds. The van der Waals surface area contributed by atoms with E-state index in [4.69, 9.17) is 5.73 Å². The molecule has 18 heavy (non-hydrogen) atoms. The minimum Gasteiger partial charge on any atom is -0.394 e. The Morgan fingerprint density at radius 1 is 1.39 bits per heavy atom. The van der Waals surface area contributed by atoms with Gasteiger partial charge in [0.05, 0.1) is 11.4 Å². The Bertz CT molecular complexity index is 560. The van der Waals surface area contributed by atoms with Gasteiger partial charge in [-0.15, -0.1) is 0 Å². The van der Waals surface area contributed by atoms with Gasteiger partial charge in [0.15, 0.2) is 5.82 Å². The van der Waals surface area contributed by atoms with Crippen LogP contribution in [0.25, 0.3) is 0 Å². The van der Waals surface area contributed by atoms with Gasteiger partial charge < -0.3 is 11.1 Å². The molecule has 0 aliphatic heterocycles. The van der Waals surface area contributed by atoms with E-state index >= 15 is 0 Å². The molecule has 0 aliphatic rings. The summed E-state index contributed by atoms with van der Waals surface area (Å²) in [5, 5.41) is 7.77. The van der Waals surface area contributed by atoms with Crippen LogP contribution in [-0.4, -0.2) is 9.78 Å². The summed E-state index contributed by atoms with van der Waals surface area (Å²) < 4.78 is 2.93. The lowest BCUT2D eigenvalue weighted by Gasteiger charge is -2.13. The summed E-state index contributed by atoms with van der Waals surface area (Å²) >= 11 is 3.45. The van der Waals surface area contributed by atoms with Crippen molar-refractivity contribution in [1.82, 2.24) is 9.78 Å². The molecule has 0 unspecified atom stereocenters. The van der Waals surface area contributed by atoms with Crippen LogP contribution in [0.3, 0.4) is 0 Å². The number of nitrogens with two attached hydrogens (primary N) is 1. The lowest BCUT2D eigenvalue weighted by Crippen LogP contribution is -2.08. The molecule has 0 fully saturated rings. The van der Waals surface area contributed by atoms with Crippen molar-refractivity contribution in [3.8, 4) is 0 Å². The second-order valence-electron chi connectivity index (χ2n) is 4.52. The Kier molecular flexibility index (Phi) is 3.61. The Hall–Kier alpha value is -1.49. The zero-order valence-electron chi connectivity index (χ0n) is 10.7. The molecule has 5 heteroatoms. The van der Waals surface area contributed by atoms with E-state index in [9.17, 15) is 0 Å². The first-order valence-electron chi connectivity index (χ1n) is 5.86. The molecular weight excluding hydrogens is 292 g/mol. The summed E-state index contributed by atoms with van der Waals surface area (Å²) in [4.78, 5) is 0. The first-order chi connectivity index (χ1) is 8.49. The Morgan fingerprint density at radius 2 is 2.11 bits per heavy atom. The second-order valence-corrected chi connectivity index (χ2v) is 5.44. The fourth-order valence-electron chi connectivity index (χ4n) is 1.76. The molecule has 0 bridgehead atoms. The van der Waals surface area contributed by atoms with E-state index in [1.807, 2.05) is 35.9 Å². The molecule has 0 atom stereocenters. The molecule has 0 saturated heterocycles. The first kappa shape index (κ1) is 13.0. The number of benzene rings is 1. The third-order valence-corrected chi connectivity index (χ3v) is 3.20. The fourth-order valence-corrected chi connectivity index (χ4v) is 2.16. The SMILES string of the molecule is Cc1nn(C(C)C)c(Nc2cccc(Br)c2)c1N. The highest BCUT2D eigenvalue weighted by atomic mass is 79.9. The average molecular weight is 309 g/mol. The molecule has 0 spiro atoms. The maximum atomic E-state index is 6.07. The lowest BCUT2D eigenvalue weighted by atomic mass is 10.3. The molecule has 2 aromatic rings.